The summed E-state index contributed by atoms with van der Waals surface area (Å²) in [5.41, 5.74) is 5.89. The third-order valence-corrected chi connectivity index (χ3v) is 7.68. The van der Waals surface area contributed by atoms with Crippen molar-refractivity contribution in [2.75, 3.05) is 5.32 Å². The van der Waals surface area contributed by atoms with E-state index in [1.165, 1.54) is 33.0 Å². The van der Waals surface area contributed by atoms with Gasteiger partial charge in [0.25, 0.3) is 0 Å². The van der Waals surface area contributed by atoms with Crippen molar-refractivity contribution in [1.29, 1.82) is 0 Å². The SMILES string of the molecule is Clc1ccc(NC(c2cccc3ccccc23)C(NC(c2ccccc2)c2ccccc2)c2ccccc2)cc1. The second-order valence-corrected chi connectivity index (χ2v) is 10.4. The lowest BCUT2D eigenvalue weighted by atomic mass is 9.88. The molecule has 2 atom stereocenters. The van der Waals surface area contributed by atoms with Crippen molar-refractivity contribution in [3.8, 4) is 0 Å². The molecule has 0 aliphatic rings. The third-order valence-electron chi connectivity index (χ3n) is 7.43. The van der Waals surface area contributed by atoms with Crippen LogP contribution in [-0.4, -0.2) is 0 Å². The molecule has 3 heteroatoms. The molecule has 0 aromatic heterocycles. The summed E-state index contributed by atoms with van der Waals surface area (Å²) in [6.07, 6.45) is 0. The van der Waals surface area contributed by atoms with E-state index in [-0.39, 0.29) is 18.1 Å². The summed E-state index contributed by atoms with van der Waals surface area (Å²) in [7, 11) is 0. The minimum atomic E-state index is -0.0930. The van der Waals surface area contributed by atoms with Crippen LogP contribution < -0.4 is 10.6 Å². The maximum absolute atomic E-state index is 6.27. The average Bonchev–Trinajstić information content (AvgIpc) is 3.03. The van der Waals surface area contributed by atoms with Gasteiger partial charge >= 0.3 is 0 Å². The molecule has 6 aromatic carbocycles. The molecule has 2 unspecified atom stereocenters. The Morgan fingerprint density at radius 2 is 0.975 bits per heavy atom. The molecule has 6 rings (SSSR count). The summed E-state index contributed by atoms with van der Waals surface area (Å²) in [6.45, 7) is 0. The summed E-state index contributed by atoms with van der Waals surface area (Å²) >= 11 is 6.27. The molecule has 0 heterocycles. The fraction of sp³-hybridized carbons (Fsp3) is 0.0811. The first-order chi connectivity index (χ1) is 19.8. The molecular weight excluding hydrogens is 508 g/mol. The van der Waals surface area contributed by atoms with Gasteiger partial charge in [0.2, 0.25) is 0 Å². The molecule has 6 aromatic rings. The van der Waals surface area contributed by atoms with E-state index in [0.717, 1.165) is 10.7 Å². The second-order valence-electron chi connectivity index (χ2n) is 10.0. The topological polar surface area (TPSA) is 24.1 Å². The van der Waals surface area contributed by atoms with Crippen LogP contribution in [0.3, 0.4) is 0 Å². The molecule has 0 saturated heterocycles. The summed E-state index contributed by atoms with van der Waals surface area (Å²) in [4.78, 5) is 0. The fourth-order valence-corrected chi connectivity index (χ4v) is 5.61. The third kappa shape index (κ3) is 5.79. The molecule has 40 heavy (non-hydrogen) atoms. The highest BCUT2D eigenvalue weighted by molar-refractivity contribution is 6.30. The second kappa shape index (κ2) is 12.2. The van der Waals surface area contributed by atoms with Crippen molar-refractivity contribution >= 4 is 28.1 Å². The van der Waals surface area contributed by atoms with Crippen LogP contribution in [0.15, 0.2) is 158 Å². The van der Waals surface area contributed by atoms with Crippen LogP contribution in [-0.2, 0) is 0 Å². The van der Waals surface area contributed by atoms with E-state index in [1.54, 1.807) is 0 Å². The van der Waals surface area contributed by atoms with Crippen LogP contribution in [0, 0.1) is 0 Å². The molecule has 0 aliphatic carbocycles. The lowest BCUT2D eigenvalue weighted by Crippen LogP contribution is -2.34. The highest BCUT2D eigenvalue weighted by atomic mass is 35.5. The predicted molar refractivity (Wildman–Crippen MR) is 169 cm³/mol. The first-order valence-electron chi connectivity index (χ1n) is 13.7. The number of hydrogen-bond donors (Lipinski definition) is 2. The van der Waals surface area contributed by atoms with Crippen molar-refractivity contribution in [1.82, 2.24) is 5.32 Å². The van der Waals surface area contributed by atoms with E-state index in [4.69, 9.17) is 11.6 Å². The smallest absolute Gasteiger partial charge is 0.0715 e. The Labute approximate surface area is 241 Å². The molecule has 0 bridgehead atoms. The Morgan fingerprint density at radius 3 is 1.60 bits per heavy atom. The van der Waals surface area contributed by atoms with Crippen molar-refractivity contribution in [3.63, 3.8) is 0 Å². The number of rotatable bonds is 9. The first kappa shape index (κ1) is 25.9. The highest BCUT2D eigenvalue weighted by Crippen LogP contribution is 2.39. The summed E-state index contributed by atoms with van der Waals surface area (Å²) in [5, 5.41) is 11.2. The van der Waals surface area contributed by atoms with Gasteiger partial charge in [0.15, 0.2) is 0 Å². The van der Waals surface area contributed by atoms with Gasteiger partial charge in [0.05, 0.1) is 18.1 Å². The minimum Gasteiger partial charge on any atom is -0.376 e. The maximum Gasteiger partial charge on any atom is 0.0715 e. The minimum absolute atomic E-state index is 0.0166. The maximum atomic E-state index is 6.27. The van der Waals surface area contributed by atoms with Gasteiger partial charge in [-0.05, 0) is 57.3 Å². The predicted octanol–water partition coefficient (Wildman–Crippen LogP) is 9.77. The van der Waals surface area contributed by atoms with Gasteiger partial charge in [0.1, 0.15) is 0 Å². The number of fused-ring (bicyclic) bond motifs is 1. The van der Waals surface area contributed by atoms with Gasteiger partial charge in [-0.1, -0.05) is 145 Å². The summed E-state index contributed by atoms with van der Waals surface area (Å²) < 4.78 is 0. The van der Waals surface area contributed by atoms with Crippen LogP contribution in [0.25, 0.3) is 10.8 Å². The Balaban J connectivity index is 1.53. The van der Waals surface area contributed by atoms with E-state index in [1.807, 2.05) is 24.3 Å². The van der Waals surface area contributed by atoms with Crippen LogP contribution >= 0.6 is 11.6 Å². The molecule has 0 aliphatic heterocycles. The van der Waals surface area contributed by atoms with E-state index < -0.39 is 0 Å². The van der Waals surface area contributed by atoms with E-state index >= 15 is 0 Å². The van der Waals surface area contributed by atoms with Crippen molar-refractivity contribution in [2.24, 2.45) is 0 Å². The quantitative estimate of drug-likeness (QED) is 0.191. The molecule has 0 saturated carbocycles. The zero-order valence-electron chi connectivity index (χ0n) is 22.1. The van der Waals surface area contributed by atoms with Gasteiger partial charge in [0, 0.05) is 10.7 Å². The van der Waals surface area contributed by atoms with Crippen molar-refractivity contribution in [3.05, 3.63) is 185 Å². The molecule has 196 valence electrons. The molecular formula is C37H31ClN2. The molecule has 0 spiro atoms. The largest absolute Gasteiger partial charge is 0.376 e. The fourth-order valence-electron chi connectivity index (χ4n) is 5.49. The molecule has 0 amide bonds. The molecule has 2 nitrogen and oxygen atoms in total. The van der Waals surface area contributed by atoms with E-state index in [2.05, 4.69) is 144 Å². The number of halogens is 1. The average molecular weight is 539 g/mol. The lowest BCUT2D eigenvalue weighted by molar-refractivity contribution is 0.438. The standard InChI is InChI=1S/C37H31ClN2/c38-31-23-25-32(26-24-31)39-37(34-22-12-20-27-13-10-11-21-33(27)34)36(30-18-8-3-9-19-30)40-35(28-14-4-1-5-15-28)29-16-6-2-7-17-29/h1-26,35-37,39-40H. The Morgan fingerprint density at radius 1 is 0.450 bits per heavy atom. The van der Waals surface area contributed by atoms with Crippen LogP contribution in [0.5, 0.6) is 0 Å². The molecule has 0 radical (unpaired) electrons. The number of benzene rings is 6. The van der Waals surface area contributed by atoms with E-state index in [0.29, 0.717) is 0 Å². The zero-order valence-corrected chi connectivity index (χ0v) is 22.9. The molecule has 0 fully saturated rings. The first-order valence-corrected chi connectivity index (χ1v) is 14.0. The Kier molecular flexibility index (Phi) is 7.90. The number of anilines is 1. The van der Waals surface area contributed by atoms with Gasteiger partial charge in [-0.25, -0.2) is 0 Å². The summed E-state index contributed by atoms with van der Waals surface area (Å²) in [5.74, 6) is 0. The van der Waals surface area contributed by atoms with Gasteiger partial charge in [-0.3, -0.25) is 5.32 Å². The number of hydrogen-bond acceptors (Lipinski definition) is 2. The van der Waals surface area contributed by atoms with Gasteiger partial charge in [-0.2, -0.15) is 0 Å². The Hall–Kier alpha value is -4.37. The van der Waals surface area contributed by atoms with Crippen molar-refractivity contribution in [2.45, 2.75) is 18.1 Å². The van der Waals surface area contributed by atoms with Crippen LogP contribution in [0.2, 0.25) is 5.02 Å². The normalized spacial score (nSPS) is 12.8. The van der Waals surface area contributed by atoms with Crippen LogP contribution in [0.1, 0.15) is 40.4 Å². The van der Waals surface area contributed by atoms with Gasteiger partial charge in [-0.15, -0.1) is 0 Å². The van der Waals surface area contributed by atoms with E-state index in [9.17, 15) is 0 Å². The lowest BCUT2D eigenvalue weighted by Gasteiger charge is -2.35. The summed E-state index contributed by atoms with van der Waals surface area (Å²) in [6, 6.07) is 55.1. The highest BCUT2D eigenvalue weighted by Gasteiger charge is 2.29. The molecule has 2 N–H and O–H groups in total. The van der Waals surface area contributed by atoms with Gasteiger partial charge < -0.3 is 5.32 Å². The number of nitrogens with one attached hydrogen (secondary N) is 2. The zero-order chi connectivity index (χ0) is 27.1. The Bertz CT molecular complexity index is 1610. The van der Waals surface area contributed by atoms with Crippen LogP contribution in [0.4, 0.5) is 5.69 Å². The van der Waals surface area contributed by atoms with Crippen molar-refractivity contribution < 1.29 is 0 Å². The monoisotopic (exact) mass is 538 g/mol.